The van der Waals surface area contributed by atoms with Gasteiger partial charge in [-0.05, 0) is 20.8 Å². The van der Waals surface area contributed by atoms with Gasteiger partial charge in [-0.2, -0.15) is 10.1 Å². The lowest BCUT2D eigenvalue weighted by Gasteiger charge is -2.14. The molecule has 1 atom stereocenters. The van der Waals surface area contributed by atoms with E-state index in [0.717, 1.165) is 0 Å². The summed E-state index contributed by atoms with van der Waals surface area (Å²) in [6, 6.07) is 1.99. The third-order valence-electron chi connectivity index (χ3n) is 3.05. The lowest BCUT2D eigenvalue weighted by molar-refractivity contribution is -0.115. The molecule has 0 aliphatic heterocycles. The Morgan fingerprint density at radius 1 is 1.45 bits per heavy atom. The molecule has 1 N–H and O–H groups in total. The van der Waals surface area contributed by atoms with Crippen LogP contribution in [0.2, 0.25) is 0 Å². The fraction of sp³-hybridized carbons (Fsp3) is 0.571. The van der Waals surface area contributed by atoms with Crippen molar-refractivity contribution in [1.82, 2.24) is 19.9 Å². The number of carbonyl (C=O) groups is 1. The van der Waals surface area contributed by atoms with Crippen molar-refractivity contribution in [2.45, 2.75) is 51.2 Å². The molecule has 2 heterocycles. The van der Waals surface area contributed by atoms with E-state index < -0.39 is 0 Å². The van der Waals surface area contributed by atoms with Crippen LogP contribution < -0.4 is 5.32 Å². The van der Waals surface area contributed by atoms with Crippen LogP contribution in [0.3, 0.4) is 0 Å². The maximum Gasteiger partial charge on any atom is 0.238 e. The molecule has 0 radical (unpaired) electrons. The molecule has 0 aliphatic carbocycles. The minimum absolute atomic E-state index is 0.0633. The van der Waals surface area contributed by atoms with Gasteiger partial charge in [0.2, 0.25) is 11.8 Å². The van der Waals surface area contributed by atoms with E-state index in [9.17, 15) is 4.79 Å². The Bertz CT molecular complexity index is 622. The Kier molecular flexibility index (Phi) is 5.59. The first-order valence-electron chi connectivity index (χ1n) is 7.28. The van der Waals surface area contributed by atoms with E-state index >= 15 is 0 Å². The summed E-state index contributed by atoms with van der Waals surface area (Å²) in [6.07, 6.45) is 2.39. The summed E-state index contributed by atoms with van der Waals surface area (Å²) >= 11 is 1.47. The van der Waals surface area contributed by atoms with Crippen molar-refractivity contribution in [3.05, 3.63) is 24.0 Å². The highest BCUT2D eigenvalue weighted by Gasteiger charge is 2.17. The van der Waals surface area contributed by atoms with Crippen molar-refractivity contribution in [1.29, 1.82) is 0 Å². The summed E-state index contributed by atoms with van der Waals surface area (Å²) in [5.41, 5.74) is 0. The average Bonchev–Trinajstić information content (AvgIpc) is 3.13. The molecule has 0 aliphatic rings. The SMILES string of the molecule is CCc1nc(CS[C@H](C)C(=O)Nc2ccnn2C(C)C)no1. The lowest BCUT2D eigenvalue weighted by Crippen LogP contribution is -2.24. The highest BCUT2D eigenvalue weighted by molar-refractivity contribution is 7.99. The molecule has 2 aromatic rings. The lowest BCUT2D eigenvalue weighted by atomic mass is 10.4. The Labute approximate surface area is 133 Å². The first kappa shape index (κ1) is 16.5. The maximum absolute atomic E-state index is 12.2. The van der Waals surface area contributed by atoms with Gasteiger partial charge in [0.15, 0.2) is 5.82 Å². The Hall–Kier alpha value is -1.83. The van der Waals surface area contributed by atoms with Gasteiger partial charge >= 0.3 is 0 Å². The highest BCUT2D eigenvalue weighted by atomic mass is 32.2. The topological polar surface area (TPSA) is 85.8 Å². The molecule has 2 rings (SSSR count). The van der Waals surface area contributed by atoms with Crippen molar-refractivity contribution >= 4 is 23.5 Å². The van der Waals surface area contributed by atoms with Gasteiger partial charge in [-0.25, -0.2) is 4.68 Å². The van der Waals surface area contributed by atoms with Crippen LogP contribution in [0.15, 0.2) is 16.8 Å². The molecule has 0 saturated carbocycles. The molecule has 0 saturated heterocycles. The molecular weight excluding hydrogens is 302 g/mol. The average molecular weight is 323 g/mol. The summed E-state index contributed by atoms with van der Waals surface area (Å²) in [7, 11) is 0. The third kappa shape index (κ3) is 4.09. The normalized spacial score (nSPS) is 12.6. The van der Waals surface area contributed by atoms with Crippen LogP contribution in [0, 0.1) is 0 Å². The highest BCUT2D eigenvalue weighted by Crippen LogP contribution is 2.19. The van der Waals surface area contributed by atoms with Crippen LogP contribution in [0.1, 0.15) is 45.5 Å². The van der Waals surface area contributed by atoms with Crippen molar-refractivity contribution < 1.29 is 9.32 Å². The summed E-state index contributed by atoms with van der Waals surface area (Å²) in [5.74, 6) is 2.43. The third-order valence-corrected chi connectivity index (χ3v) is 4.19. The van der Waals surface area contributed by atoms with E-state index in [1.807, 2.05) is 27.7 Å². The molecule has 0 fully saturated rings. The fourth-order valence-corrected chi connectivity index (χ4v) is 2.55. The largest absolute Gasteiger partial charge is 0.339 e. The molecule has 0 aromatic carbocycles. The minimum atomic E-state index is -0.223. The van der Waals surface area contributed by atoms with Gasteiger partial charge in [-0.3, -0.25) is 4.79 Å². The van der Waals surface area contributed by atoms with Gasteiger partial charge in [-0.1, -0.05) is 12.1 Å². The van der Waals surface area contributed by atoms with Crippen molar-refractivity contribution in [2.24, 2.45) is 0 Å². The van der Waals surface area contributed by atoms with Gasteiger partial charge in [0.25, 0.3) is 0 Å². The molecule has 0 unspecified atom stereocenters. The first-order chi connectivity index (χ1) is 10.5. The van der Waals surface area contributed by atoms with Crippen LogP contribution in [0.25, 0.3) is 0 Å². The van der Waals surface area contributed by atoms with Gasteiger partial charge in [-0.15, -0.1) is 11.8 Å². The summed E-state index contributed by atoms with van der Waals surface area (Å²) in [4.78, 5) is 16.5. The van der Waals surface area contributed by atoms with Gasteiger partial charge in [0.1, 0.15) is 5.82 Å². The molecule has 2 aromatic heterocycles. The van der Waals surface area contributed by atoms with Crippen LogP contribution in [0.5, 0.6) is 0 Å². The molecule has 0 bridgehead atoms. The Morgan fingerprint density at radius 3 is 2.86 bits per heavy atom. The molecule has 120 valence electrons. The van der Waals surface area contributed by atoms with E-state index in [0.29, 0.717) is 29.7 Å². The van der Waals surface area contributed by atoms with E-state index in [4.69, 9.17) is 4.52 Å². The van der Waals surface area contributed by atoms with E-state index in [2.05, 4.69) is 20.6 Å². The Balaban J connectivity index is 1.87. The number of nitrogens with one attached hydrogen (secondary N) is 1. The second-order valence-corrected chi connectivity index (χ2v) is 6.48. The minimum Gasteiger partial charge on any atom is -0.339 e. The molecule has 1 amide bonds. The van der Waals surface area contributed by atoms with Crippen molar-refractivity contribution in [3.63, 3.8) is 0 Å². The molecule has 22 heavy (non-hydrogen) atoms. The summed E-state index contributed by atoms with van der Waals surface area (Å²) in [6.45, 7) is 7.85. The second-order valence-electron chi connectivity index (χ2n) is 5.16. The predicted octanol–water partition coefficient (Wildman–Crippen LogP) is 2.67. The van der Waals surface area contributed by atoms with Gasteiger partial charge in [0.05, 0.1) is 17.2 Å². The van der Waals surface area contributed by atoms with E-state index in [1.165, 1.54) is 11.8 Å². The van der Waals surface area contributed by atoms with E-state index in [1.54, 1.807) is 16.9 Å². The molecule has 7 nitrogen and oxygen atoms in total. The van der Waals surface area contributed by atoms with Crippen LogP contribution in [0.4, 0.5) is 5.82 Å². The standard InChI is InChI=1S/C14H21N5O2S/c1-5-13-16-11(18-21-13)8-22-10(4)14(20)17-12-6-7-15-19(12)9(2)3/h6-7,9-10H,5,8H2,1-4H3,(H,17,20)/t10-/m1/s1. The van der Waals surface area contributed by atoms with Crippen molar-refractivity contribution in [2.75, 3.05) is 5.32 Å². The smallest absolute Gasteiger partial charge is 0.238 e. The molecule has 8 heteroatoms. The predicted molar refractivity (Wildman–Crippen MR) is 85.7 cm³/mol. The number of carbonyl (C=O) groups excluding carboxylic acids is 1. The number of aryl methyl sites for hydroxylation is 1. The number of rotatable bonds is 7. The fourth-order valence-electron chi connectivity index (χ4n) is 1.82. The molecule has 0 spiro atoms. The zero-order valence-corrected chi connectivity index (χ0v) is 14.1. The van der Waals surface area contributed by atoms with Crippen LogP contribution >= 0.6 is 11.8 Å². The quantitative estimate of drug-likeness (QED) is 0.843. The van der Waals surface area contributed by atoms with Gasteiger partial charge in [0, 0.05) is 18.5 Å². The zero-order valence-electron chi connectivity index (χ0n) is 13.2. The first-order valence-corrected chi connectivity index (χ1v) is 8.33. The van der Waals surface area contributed by atoms with Gasteiger partial charge < -0.3 is 9.84 Å². The number of nitrogens with zero attached hydrogens (tertiary/aromatic N) is 4. The van der Waals surface area contributed by atoms with E-state index in [-0.39, 0.29) is 17.2 Å². The number of hydrogen-bond donors (Lipinski definition) is 1. The second kappa shape index (κ2) is 7.44. The van der Waals surface area contributed by atoms with Crippen molar-refractivity contribution in [3.8, 4) is 0 Å². The summed E-state index contributed by atoms with van der Waals surface area (Å²) in [5, 5.41) is 10.8. The summed E-state index contributed by atoms with van der Waals surface area (Å²) < 4.78 is 6.83. The van der Waals surface area contributed by atoms with Crippen LogP contribution in [-0.2, 0) is 17.0 Å². The number of thioether (sulfide) groups is 1. The number of amides is 1. The number of hydrogen-bond acceptors (Lipinski definition) is 6. The van der Waals surface area contributed by atoms with Crippen LogP contribution in [-0.4, -0.2) is 31.1 Å². The molecular formula is C14H21N5O2S. The number of aromatic nitrogens is 4. The monoisotopic (exact) mass is 323 g/mol. The maximum atomic E-state index is 12.2. The number of anilines is 1. The zero-order chi connectivity index (χ0) is 16.1. The Morgan fingerprint density at radius 2 is 2.23 bits per heavy atom.